The molecule has 0 saturated carbocycles. The summed E-state index contributed by atoms with van der Waals surface area (Å²) < 4.78 is 0. The van der Waals surface area contributed by atoms with Crippen LogP contribution in [0.3, 0.4) is 0 Å². The van der Waals surface area contributed by atoms with Gasteiger partial charge in [-0.15, -0.1) is 0 Å². The molecule has 0 spiro atoms. The molecule has 6 N–H and O–H groups in total. The lowest BCUT2D eigenvalue weighted by Crippen LogP contribution is -2.52. The van der Waals surface area contributed by atoms with Crippen molar-refractivity contribution < 1.29 is 10.2 Å². The number of allylic oxidation sites excluding steroid dienone is 1. The number of rotatable bonds is 1. The van der Waals surface area contributed by atoms with E-state index in [2.05, 4.69) is 0 Å². The van der Waals surface area contributed by atoms with Gasteiger partial charge >= 0.3 is 0 Å². The Morgan fingerprint density at radius 2 is 2.25 bits per heavy atom. The van der Waals surface area contributed by atoms with Crippen molar-refractivity contribution in [3.63, 3.8) is 0 Å². The summed E-state index contributed by atoms with van der Waals surface area (Å²) >= 11 is 0. The first-order valence-electron chi connectivity index (χ1n) is 3.80. The molecule has 1 rings (SSSR count). The summed E-state index contributed by atoms with van der Waals surface area (Å²) in [7, 11) is 0. The van der Waals surface area contributed by atoms with E-state index in [1.54, 1.807) is 6.92 Å². The van der Waals surface area contributed by atoms with E-state index in [0.29, 0.717) is 0 Å². The van der Waals surface area contributed by atoms with Gasteiger partial charge in [-0.3, -0.25) is 5.73 Å². The van der Waals surface area contributed by atoms with Crippen LogP contribution < -0.4 is 11.5 Å². The van der Waals surface area contributed by atoms with Gasteiger partial charge < -0.3 is 15.9 Å². The van der Waals surface area contributed by atoms with Crippen LogP contribution in [-0.2, 0) is 0 Å². The molecule has 0 radical (unpaired) electrons. The van der Waals surface area contributed by atoms with Gasteiger partial charge in [-0.2, -0.15) is 0 Å². The predicted octanol–water partition coefficient (Wildman–Crippen LogP) is -0.391. The van der Waals surface area contributed by atoms with Gasteiger partial charge in [0.25, 0.3) is 0 Å². The van der Waals surface area contributed by atoms with Crippen LogP contribution in [0.5, 0.6) is 0 Å². The van der Waals surface area contributed by atoms with Crippen molar-refractivity contribution in [2.75, 3.05) is 0 Å². The molecule has 68 valence electrons. The Morgan fingerprint density at radius 3 is 2.67 bits per heavy atom. The maximum atomic E-state index is 9.58. The quantitative estimate of drug-likeness (QED) is 0.403. The zero-order valence-corrected chi connectivity index (χ0v) is 6.94. The van der Waals surface area contributed by atoms with Crippen molar-refractivity contribution >= 4 is 0 Å². The largest absolute Gasteiger partial charge is 0.508 e. The highest BCUT2D eigenvalue weighted by Crippen LogP contribution is 2.23. The Hall–Kier alpha value is -0.840. The van der Waals surface area contributed by atoms with Gasteiger partial charge in [-0.05, 0) is 25.2 Å². The standard InChI is InChI=1S/C8H14N2O2/c1-5(9)7-4-6(11)2-3-8(7,10)12/h2-5,7,11-12H,9-10H2,1H3. The lowest BCUT2D eigenvalue weighted by Gasteiger charge is -2.32. The normalized spacial score (nSPS) is 37.7. The summed E-state index contributed by atoms with van der Waals surface area (Å²) in [5.74, 6) is -0.352. The van der Waals surface area contributed by atoms with Gasteiger partial charge in [0.2, 0.25) is 0 Å². The fourth-order valence-corrected chi connectivity index (χ4v) is 1.28. The van der Waals surface area contributed by atoms with E-state index in [4.69, 9.17) is 16.6 Å². The third kappa shape index (κ3) is 1.66. The van der Waals surface area contributed by atoms with Crippen molar-refractivity contribution in [1.29, 1.82) is 0 Å². The summed E-state index contributed by atoms with van der Waals surface area (Å²) in [4.78, 5) is 0. The number of aliphatic hydroxyl groups is 2. The first-order valence-corrected chi connectivity index (χ1v) is 3.80. The Balaban J connectivity index is 2.90. The van der Waals surface area contributed by atoms with Gasteiger partial charge in [-0.1, -0.05) is 0 Å². The third-order valence-electron chi connectivity index (χ3n) is 1.97. The summed E-state index contributed by atoms with van der Waals surface area (Å²) in [6.45, 7) is 1.73. The van der Waals surface area contributed by atoms with Crippen molar-refractivity contribution in [3.05, 3.63) is 24.0 Å². The lowest BCUT2D eigenvalue weighted by molar-refractivity contribution is 0.0419. The zero-order chi connectivity index (χ0) is 9.35. The molecule has 0 amide bonds. The molecule has 1 aliphatic carbocycles. The molecule has 0 fully saturated rings. The molecule has 12 heavy (non-hydrogen) atoms. The van der Waals surface area contributed by atoms with E-state index in [-0.39, 0.29) is 11.8 Å². The van der Waals surface area contributed by atoms with Crippen LogP contribution in [0.4, 0.5) is 0 Å². The minimum atomic E-state index is -1.44. The molecule has 1 aliphatic rings. The molecule has 0 heterocycles. The molecular formula is C8H14N2O2. The average Bonchev–Trinajstić information content (AvgIpc) is 1.94. The molecule has 4 heteroatoms. The van der Waals surface area contributed by atoms with Crippen molar-refractivity contribution in [2.45, 2.75) is 18.7 Å². The number of nitrogens with two attached hydrogens (primary N) is 2. The van der Waals surface area contributed by atoms with Crippen LogP contribution >= 0.6 is 0 Å². The van der Waals surface area contributed by atoms with Crippen molar-refractivity contribution in [2.24, 2.45) is 17.4 Å². The second-order valence-electron chi connectivity index (χ2n) is 3.20. The maximum Gasteiger partial charge on any atom is 0.141 e. The van der Waals surface area contributed by atoms with E-state index in [1.165, 1.54) is 18.2 Å². The number of aliphatic hydroxyl groups excluding tert-OH is 1. The fourth-order valence-electron chi connectivity index (χ4n) is 1.28. The molecule has 0 bridgehead atoms. The molecule has 4 nitrogen and oxygen atoms in total. The Kier molecular flexibility index (Phi) is 2.23. The lowest BCUT2D eigenvalue weighted by atomic mass is 9.86. The molecule has 0 aliphatic heterocycles. The van der Waals surface area contributed by atoms with Gasteiger partial charge in [0.1, 0.15) is 11.5 Å². The summed E-state index contributed by atoms with van der Waals surface area (Å²) in [5, 5.41) is 18.7. The number of hydrogen-bond donors (Lipinski definition) is 4. The van der Waals surface area contributed by atoms with Crippen LogP contribution in [0, 0.1) is 5.92 Å². The molecular weight excluding hydrogens is 156 g/mol. The van der Waals surface area contributed by atoms with E-state index in [9.17, 15) is 5.11 Å². The summed E-state index contributed by atoms with van der Waals surface area (Å²) in [6.07, 6.45) is 4.17. The number of hydrogen-bond acceptors (Lipinski definition) is 4. The molecule has 0 aromatic carbocycles. The van der Waals surface area contributed by atoms with Crippen LogP contribution in [0.2, 0.25) is 0 Å². The summed E-state index contributed by atoms with van der Waals surface area (Å²) in [5.41, 5.74) is 9.65. The van der Waals surface area contributed by atoms with Gasteiger partial charge in [0.15, 0.2) is 0 Å². The first-order chi connectivity index (χ1) is 5.43. The zero-order valence-electron chi connectivity index (χ0n) is 6.94. The molecule has 0 aromatic rings. The topological polar surface area (TPSA) is 92.5 Å². The highest BCUT2D eigenvalue weighted by atomic mass is 16.3. The van der Waals surface area contributed by atoms with Crippen molar-refractivity contribution in [3.8, 4) is 0 Å². The second-order valence-corrected chi connectivity index (χ2v) is 3.20. The van der Waals surface area contributed by atoms with Crippen LogP contribution in [0.25, 0.3) is 0 Å². The predicted molar refractivity (Wildman–Crippen MR) is 46.1 cm³/mol. The van der Waals surface area contributed by atoms with Crippen molar-refractivity contribution in [1.82, 2.24) is 0 Å². The Labute approximate surface area is 71.2 Å². The van der Waals surface area contributed by atoms with E-state index >= 15 is 0 Å². The molecule has 0 aromatic heterocycles. The molecule has 0 saturated heterocycles. The first kappa shape index (κ1) is 9.25. The second kappa shape index (κ2) is 2.90. The van der Waals surface area contributed by atoms with E-state index < -0.39 is 11.6 Å². The van der Waals surface area contributed by atoms with Gasteiger partial charge in [0, 0.05) is 12.0 Å². The Morgan fingerprint density at radius 1 is 1.67 bits per heavy atom. The fraction of sp³-hybridized carbons (Fsp3) is 0.500. The highest BCUT2D eigenvalue weighted by molar-refractivity contribution is 5.25. The smallest absolute Gasteiger partial charge is 0.141 e. The Bertz CT molecular complexity index is 231. The van der Waals surface area contributed by atoms with E-state index in [0.717, 1.165) is 0 Å². The van der Waals surface area contributed by atoms with Crippen LogP contribution in [-0.4, -0.2) is 22.0 Å². The summed E-state index contributed by atoms with van der Waals surface area (Å²) in [6, 6.07) is -0.299. The minimum absolute atomic E-state index is 0.0902. The van der Waals surface area contributed by atoms with Gasteiger partial charge in [-0.25, -0.2) is 0 Å². The molecule has 3 unspecified atom stereocenters. The third-order valence-corrected chi connectivity index (χ3v) is 1.97. The monoisotopic (exact) mass is 170 g/mol. The minimum Gasteiger partial charge on any atom is -0.508 e. The maximum absolute atomic E-state index is 9.58. The average molecular weight is 170 g/mol. The van der Waals surface area contributed by atoms with E-state index in [1.807, 2.05) is 0 Å². The van der Waals surface area contributed by atoms with Crippen LogP contribution in [0.1, 0.15) is 6.92 Å². The van der Waals surface area contributed by atoms with Gasteiger partial charge in [0.05, 0.1) is 0 Å². The highest BCUT2D eigenvalue weighted by Gasteiger charge is 2.33. The molecule has 3 atom stereocenters. The SMILES string of the molecule is CC(N)C1C=C(O)C=CC1(N)O. The van der Waals surface area contributed by atoms with Crippen LogP contribution in [0.15, 0.2) is 24.0 Å².